The van der Waals surface area contributed by atoms with Gasteiger partial charge in [0.05, 0.1) is 6.54 Å². The summed E-state index contributed by atoms with van der Waals surface area (Å²) in [5.41, 5.74) is 2.13. The largest absolute Gasteiger partial charge is 0.476 e. The van der Waals surface area contributed by atoms with Gasteiger partial charge in [0, 0.05) is 6.20 Å². The molecular weight excluding hydrogens is 336 g/mol. The van der Waals surface area contributed by atoms with Crippen LogP contribution in [-0.4, -0.2) is 41.5 Å². The molecule has 1 amide bonds. The molecule has 2 heterocycles. The van der Waals surface area contributed by atoms with Crippen molar-refractivity contribution in [1.82, 2.24) is 24.5 Å². The van der Waals surface area contributed by atoms with Crippen molar-refractivity contribution in [3.8, 4) is 0 Å². The molecule has 0 aliphatic carbocycles. The molecule has 3 rings (SSSR count). The highest BCUT2D eigenvalue weighted by atomic mass is 16.4. The van der Waals surface area contributed by atoms with Crippen LogP contribution in [0.15, 0.2) is 42.9 Å². The first-order valence-electron chi connectivity index (χ1n) is 7.96. The summed E-state index contributed by atoms with van der Waals surface area (Å²) in [6.45, 7) is 4.17. The smallest absolute Gasteiger partial charge is 0.356 e. The third-order valence-electron chi connectivity index (χ3n) is 3.84. The van der Waals surface area contributed by atoms with Crippen LogP contribution in [0, 0.1) is 6.92 Å². The highest BCUT2D eigenvalue weighted by Crippen LogP contribution is 2.10. The van der Waals surface area contributed by atoms with Crippen molar-refractivity contribution < 1.29 is 14.7 Å². The van der Waals surface area contributed by atoms with Crippen LogP contribution in [0.3, 0.4) is 0 Å². The zero-order valence-electron chi connectivity index (χ0n) is 14.3. The number of carbonyl (C=O) groups is 2. The van der Waals surface area contributed by atoms with Crippen molar-refractivity contribution in [2.45, 2.75) is 26.4 Å². The Labute approximate surface area is 149 Å². The van der Waals surface area contributed by atoms with Gasteiger partial charge in [-0.2, -0.15) is 5.10 Å². The topological polar surface area (TPSA) is 115 Å². The van der Waals surface area contributed by atoms with Crippen molar-refractivity contribution in [3.63, 3.8) is 0 Å². The van der Waals surface area contributed by atoms with Crippen LogP contribution in [0.4, 0.5) is 5.95 Å². The molecule has 0 bridgehead atoms. The Morgan fingerprint density at radius 1 is 1.19 bits per heavy atom. The molecule has 9 nitrogen and oxygen atoms in total. The van der Waals surface area contributed by atoms with Gasteiger partial charge in [0.25, 0.3) is 5.91 Å². The number of amides is 1. The van der Waals surface area contributed by atoms with Crippen molar-refractivity contribution >= 4 is 17.8 Å². The van der Waals surface area contributed by atoms with Gasteiger partial charge in [-0.3, -0.25) is 14.8 Å². The molecule has 9 heteroatoms. The average molecular weight is 354 g/mol. The number of hydrogen-bond donors (Lipinski definition) is 2. The number of aromatic carboxylic acids is 1. The summed E-state index contributed by atoms with van der Waals surface area (Å²) in [7, 11) is 0. The van der Waals surface area contributed by atoms with Crippen molar-refractivity contribution in [1.29, 1.82) is 0 Å². The van der Waals surface area contributed by atoms with Crippen LogP contribution in [0.25, 0.3) is 0 Å². The Morgan fingerprint density at radius 3 is 2.58 bits per heavy atom. The fourth-order valence-corrected chi connectivity index (χ4v) is 2.31. The maximum atomic E-state index is 12.3. The molecule has 0 saturated heterocycles. The number of nitrogens with one attached hydrogen (secondary N) is 1. The summed E-state index contributed by atoms with van der Waals surface area (Å²) in [6, 6.07) is 8.69. The Morgan fingerprint density at radius 2 is 1.92 bits per heavy atom. The molecule has 0 spiro atoms. The second-order valence-corrected chi connectivity index (χ2v) is 5.90. The molecule has 0 aliphatic heterocycles. The van der Waals surface area contributed by atoms with Gasteiger partial charge < -0.3 is 5.11 Å². The monoisotopic (exact) mass is 354 g/mol. The lowest BCUT2D eigenvalue weighted by atomic mass is 10.1. The number of anilines is 1. The van der Waals surface area contributed by atoms with E-state index in [9.17, 15) is 9.59 Å². The van der Waals surface area contributed by atoms with E-state index in [-0.39, 0.29) is 11.6 Å². The van der Waals surface area contributed by atoms with Crippen LogP contribution in [0.2, 0.25) is 0 Å². The van der Waals surface area contributed by atoms with E-state index >= 15 is 0 Å². The Hall–Kier alpha value is -3.49. The predicted octanol–water partition coefficient (Wildman–Crippen LogP) is 1.73. The fourth-order valence-electron chi connectivity index (χ4n) is 2.31. The van der Waals surface area contributed by atoms with Crippen LogP contribution in [0.5, 0.6) is 0 Å². The number of carboxylic acid groups (broad SMARTS) is 1. The molecule has 1 atom stereocenters. The summed E-state index contributed by atoms with van der Waals surface area (Å²) < 4.78 is 2.91. The second kappa shape index (κ2) is 7.18. The predicted molar refractivity (Wildman–Crippen MR) is 92.8 cm³/mol. The highest BCUT2D eigenvalue weighted by molar-refractivity contribution is 5.92. The zero-order valence-corrected chi connectivity index (χ0v) is 14.3. The molecular formula is C17H18N6O3. The second-order valence-electron chi connectivity index (χ2n) is 5.90. The Balaban J connectivity index is 1.63. The molecule has 134 valence electrons. The van der Waals surface area contributed by atoms with E-state index in [1.165, 1.54) is 28.8 Å². The molecule has 0 radical (unpaired) electrons. The van der Waals surface area contributed by atoms with Gasteiger partial charge in [-0.25, -0.2) is 14.5 Å². The van der Waals surface area contributed by atoms with E-state index in [0.29, 0.717) is 6.54 Å². The Bertz CT molecular complexity index is 928. The number of carbonyl (C=O) groups excluding carboxylic acids is 1. The number of aromatic nitrogens is 5. The van der Waals surface area contributed by atoms with Crippen molar-refractivity contribution in [2.24, 2.45) is 0 Å². The van der Waals surface area contributed by atoms with Crippen LogP contribution in [0.1, 0.15) is 34.6 Å². The van der Waals surface area contributed by atoms with Crippen LogP contribution < -0.4 is 5.32 Å². The van der Waals surface area contributed by atoms with E-state index < -0.39 is 17.9 Å². The number of rotatable bonds is 6. The van der Waals surface area contributed by atoms with E-state index in [0.717, 1.165) is 5.56 Å². The van der Waals surface area contributed by atoms with Crippen molar-refractivity contribution in [2.75, 3.05) is 5.32 Å². The number of benzene rings is 1. The van der Waals surface area contributed by atoms with Gasteiger partial charge in [-0.05, 0) is 25.5 Å². The molecule has 0 saturated carbocycles. The SMILES string of the molecule is Cc1ccc(Cn2cnc(NC(=O)C(C)n3ccc(C(=O)O)n3)n2)cc1. The Kier molecular flexibility index (Phi) is 4.78. The summed E-state index contributed by atoms with van der Waals surface area (Å²) in [5, 5.41) is 19.6. The van der Waals surface area contributed by atoms with Crippen LogP contribution in [-0.2, 0) is 11.3 Å². The van der Waals surface area contributed by atoms with Gasteiger partial charge in [-0.1, -0.05) is 29.8 Å². The highest BCUT2D eigenvalue weighted by Gasteiger charge is 2.19. The van der Waals surface area contributed by atoms with Gasteiger partial charge >= 0.3 is 5.97 Å². The minimum absolute atomic E-state index is 0.120. The molecule has 2 aromatic heterocycles. The van der Waals surface area contributed by atoms with E-state index in [1.807, 2.05) is 31.2 Å². The van der Waals surface area contributed by atoms with Crippen LogP contribution >= 0.6 is 0 Å². The first kappa shape index (κ1) is 17.3. The van der Waals surface area contributed by atoms with E-state index in [2.05, 4.69) is 20.5 Å². The molecule has 1 unspecified atom stereocenters. The first-order chi connectivity index (χ1) is 12.4. The molecule has 3 aromatic rings. The van der Waals surface area contributed by atoms with Gasteiger partial charge in [0.15, 0.2) is 5.69 Å². The van der Waals surface area contributed by atoms with E-state index in [1.54, 1.807) is 11.6 Å². The standard InChI is InChI=1S/C17H18N6O3/c1-11-3-5-13(6-4-11)9-22-10-18-17(21-22)19-15(24)12(2)23-8-7-14(20-23)16(25)26/h3-8,10,12H,9H2,1-2H3,(H,25,26)(H,19,21,24). The molecule has 0 aliphatic rings. The third-order valence-corrected chi connectivity index (χ3v) is 3.84. The summed E-state index contributed by atoms with van der Waals surface area (Å²) in [5.74, 6) is -1.36. The number of hydrogen-bond acceptors (Lipinski definition) is 5. The lowest BCUT2D eigenvalue weighted by Crippen LogP contribution is -2.25. The quantitative estimate of drug-likeness (QED) is 0.696. The number of aryl methyl sites for hydroxylation is 1. The summed E-state index contributed by atoms with van der Waals surface area (Å²) in [4.78, 5) is 27.2. The van der Waals surface area contributed by atoms with Gasteiger partial charge in [0.2, 0.25) is 5.95 Å². The molecule has 26 heavy (non-hydrogen) atoms. The van der Waals surface area contributed by atoms with Gasteiger partial charge in [-0.15, -0.1) is 5.10 Å². The van der Waals surface area contributed by atoms with Crippen molar-refractivity contribution in [3.05, 3.63) is 59.7 Å². The molecule has 1 aromatic carbocycles. The first-order valence-corrected chi connectivity index (χ1v) is 7.96. The lowest BCUT2D eigenvalue weighted by Gasteiger charge is -2.10. The number of nitrogens with zero attached hydrogens (tertiary/aromatic N) is 5. The summed E-state index contributed by atoms with van der Waals surface area (Å²) in [6.07, 6.45) is 2.98. The normalized spacial score (nSPS) is 11.9. The van der Waals surface area contributed by atoms with Gasteiger partial charge in [0.1, 0.15) is 12.4 Å². The minimum atomic E-state index is -1.15. The van der Waals surface area contributed by atoms with E-state index in [4.69, 9.17) is 5.11 Å². The summed E-state index contributed by atoms with van der Waals surface area (Å²) >= 11 is 0. The maximum absolute atomic E-state index is 12.3. The zero-order chi connectivity index (χ0) is 18.7. The third kappa shape index (κ3) is 3.94. The maximum Gasteiger partial charge on any atom is 0.356 e. The number of carboxylic acids is 1. The minimum Gasteiger partial charge on any atom is -0.476 e. The fraction of sp³-hybridized carbons (Fsp3) is 0.235. The lowest BCUT2D eigenvalue weighted by molar-refractivity contribution is -0.119. The molecule has 2 N–H and O–H groups in total. The molecule has 0 fully saturated rings. The average Bonchev–Trinajstić information content (AvgIpc) is 3.26.